The van der Waals surface area contributed by atoms with E-state index in [2.05, 4.69) is 20.1 Å². The first-order valence-corrected chi connectivity index (χ1v) is 9.18. The molecule has 0 radical (unpaired) electrons. The van der Waals surface area contributed by atoms with Gasteiger partial charge in [-0.1, -0.05) is 11.2 Å². The van der Waals surface area contributed by atoms with Crippen molar-refractivity contribution in [3.63, 3.8) is 0 Å². The van der Waals surface area contributed by atoms with Crippen LogP contribution in [0.25, 0.3) is 22.3 Å². The molecule has 4 aromatic rings. The largest absolute Gasteiger partial charge is 0.493 e. The Labute approximate surface area is 173 Å². The molecule has 3 aromatic heterocycles. The van der Waals surface area contributed by atoms with Gasteiger partial charge in [-0.05, 0) is 18.2 Å². The van der Waals surface area contributed by atoms with Crippen molar-refractivity contribution < 1.29 is 18.7 Å². The van der Waals surface area contributed by atoms with Gasteiger partial charge >= 0.3 is 0 Å². The molecule has 0 saturated heterocycles. The Morgan fingerprint density at radius 3 is 2.47 bits per heavy atom. The molecule has 0 aliphatic carbocycles. The Balaban J connectivity index is 1.70. The third-order valence-electron chi connectivity index (χ3n) is 4.65. The van der Waals surface area contributed by atoms with E-state index in [0.717, 1.165) is 11.1 Å². The van der Waals surface area contributed by atoms with Crippen LogP contribution in [0.2, 0.25) is 0 Å². The monoisotopic (exact) mass is 407 g/mol. The average Bonchev–Trinajstić information content (AvgIpc) is 3.26. The van der Waals surface area contributed by atoms with Crippen LogP contribution in [-0.2, 0) is 6.54 Å². The second-order valence-electron chi connectivity index (χ2n) is 6.49. The zero-order chi connectivity index (χ0) is 21.1. The first-order valence-electron chi connectivity index (χ1n) is 9.18. The number of ether oxygens (including phenoxy) is 3. The number of benzene rings is 1. The summed E-state index contributed by atoms with van der Waals surface area (Å²) in [5, 5.41) is 4.88. The van der Waals surface area contributed by atoms with Gasteiger partial charge in [0.1, 0.15) is 23.4 Å². The maximum absolute atomic E-state index is 5.55. The van der Waals surface area contributed by atoms with Crippen LogP contribution in [-0.4, -0.2) is 48.5 Å². The second kappa shape index (κ2) is 8.24. The standard InChI is InChI=1S/C21H21N5O4/c1-26(11-13-9-16(25-30-13)15-7-5-6-8-22-15)21-14-10-17(27-2)19(28-3)20(29-4)18(14)23-12-24-21/h5-10,12H,11H2,1-4H3. The van der Waals surface area contributed by atoms with Gasteiger partial charge in [0.15, 0.2) is 17.3 Å². The molecule has 0 aliphatic rings. The predicted octanol–water partition coefficient (Wildman–Crippen LogP) is 3.34. The fraction of sp³-hybridized carbons (Fsp3) is 0.238. The van der Waals surface area contributed by atoms with Crippen molar-refractivity contribution in [2.75, 3.05) is 33.3 Å². The molecule has 0 N–H and O–H groups in total. The molecule has 9 heteroatoms. The first kappa shape index (κ1) is 19.4. The molecule has 0 spiro atoms. The molecule has 0 amide bonds. The van der Waals surface area contributed by atoms with E-state index in [0.29, 0.717) is 46.6 Å². The van der Waals surface area contributed by atoms with Gasteiger partial charge in [0.05, 0.1) is 39.0 Å². The van der Waals surface area contributed by atoms with E-state index in [9.17, 15) is 0 Å². The minimum atomic E-state index is 0.447. The number of pyridine rings is 1. The molecule has 0 aliphatic heterocycles. The highest BCUT2D eigenvalue weighted by molar-refractivity contribution is 5.96. The predicted molar refractivity (Wildman–Crippen MR) is 111 cm³/mol. The third kappa shape index (κ3) is 3.45. The molecule has 0 atom stereocenters. The molecule has 3 heterocycles. The van der Waals surface area contributed by atoms with E-state index in [1.165, 1.54) is 6.33 Å². The molecular formula is C21H21N5O4. The lowest BCUT2D eigenvalue weighted by atomic mass is 10.1. The van der Waals surface area contributed by atoms with Gasteiger partial charge in [0.2, 0.25) is 5.75 Å². The van der Waals surface area contributed by atoms with Crippen LogP contribution in [0.3, 0.4) is 0 Å². The molecule has 1 aromatic carbocycles. The topological polar surface area (TPSA) is 95.6 Å². The number of fused-ring (bicyclic) bond motifs is 1. The third-order valence-corrected chi connectivity index (χ3v) is 4.65. The van der Waals surface area contributed by atoms with Gasteiger partial charge < -0.3 is 23.6 Å². The smallest absolute Gasteiger partial charge is 0.205 e. The summed E-state index contributed by atoms with van der Waals surface area (Å²) in [5.41, 5.74) is 2.06. The van der Waals surface area contributed by atoms with Crippen molar-refractivity contribution >= 4 is 16.7 Å². The minimum Gasteiger partial charge on any atom is -0.493 e. The number of hydrogen-bond donors (Lipinski definition) is 0. The van der Waals surface area contributed by atoms with E-state index in [1.807, 2.05) is 42.3 Å². The number of anilines is 1. The molecular weight excluding hydrogens is 386 g/mol. The van der Waals surface area contributed by atoms with E-state index < -0.39 is 0 Å². The van der Waals surface area contributed by atoms with Gasteiger partial charge in [-0.15, -0.1) is 0 Å². The number of rotatable bonds is 7. The van der Waals surface area contributed by atoms with Crippen LogP contribution in [0.5, 0.6) is 17.2 Å². The van der Waals surface area contributed by atoms with Gasteiger partial charge in [-0.25, -0.2) is 9.97 Å². The Bertz CT molecular complexity index is 1160. The fourth-order valence-corrected chi connectivity index (χ4v) is 3.29. The zero-order valence-electron chi connectivity index (χ0n) is 17.1. The van der Waals surface area contributed by atoms with Crippen LogP contribution in [0.1, 0.15) is 5.76 Å². The summed E-state index contributed by atoms with van der Waals surface area (Å²) in [7, 11) is 6.61. The molecule has 0 fully saturated rings. The lowest BCUT2D eigenvalue weighted by Gasteiger charge is -2.20. The van der Waals surface area contributed by atoms with Crippen LogP contribution >= 0.6 is 0 Å². The van der Waals surface area contributed by atoms with E-state index >= 15 is 0 Å². The maximum Gasteiger partial charge on any atom is 0.205 e. The van der Waals surface area contributed by atoms with Crippen molar-refractivity contribution in [2.24, 2.45) is 0 Å². The Hall–Kier alpha value is -3.88. The molecule has 0 unspecified atom stereocenters. The Morgan fingerprint density at radius 1 is 0.933 bits per heavy atom. The molecule has 0 saturated carbocycles. The highest BCUT2D eigenvalue weighted by Gasteiger charge is 2.21. The summed E-state index contributed by atoms with van der Waals surface area (Å²) in [5.74, 6) is 2.87. The van der Waals surface area contributed by atoms with E-state index in [1.54, 1.807) is 27.5 Å². The van der Waals surface area contributed by atoms with Crippen molar-refractivity contribution in [2.45, 2.75) is 6.54 Å². The quantitative estimate of drug-likeness (QED) is 0.457. The number of methoxy groups -OCH3 is 3. The minimum absolute atomic E-state index is 0.447. The summed E-state index contributed by atoms with van der Waals surface area (Å²) >= 11 is 0. The first-order chi connectivity index (χ1) is 14.7. The fourth-order valence-electron chi connectivity index (χ4n) is 3.29. The molecule has 9 nitrogen and oxygen atoms in total. The normalized spacial score (nSPS) is 10.8. The molecule has 4 rings (SSSR count). The van der Waals surface area contributed by atoms with E-state index in [4.69, 9.17) is 18.7 Å². The van der Waals surface area contributed by atoms with Crippen molar-refractivity contribution in [3.8, 4) is 28.6 Å². The maximum atomic E-state index is 5.55. The van der Waals surface area contributed by atoms with Crippen LogP contribution in [0, 0.1) is 0 Å². The molecule has 30 heavy (non-hydrogen) atoms. The van der Waals surface area contributed by atoms with Gasteiger partial charge in [-0.2, -0.15) is 0 Å². The van der Waals surface area contributed by atoms with Gasteiger partial charge in [0.25, 0.3) is 0 Å². The Kier molecular flexibility index (Phi) is 5.34. The van der Waals surface area contributed by atoms with Crippen LogP contribution < -0.4 is 19.1 Å². The lowest BCUT2D eigenvalue weighted by molar-refractivity contribution is 0.327. The average molecular weight is 407 g/mol. The molecule has 154 valence electrons. The highest BCUT2D eigenvalue weighted by atomic mass is 16.5. The SMILES string of the molecule is COc1cc2c(N(C)Cc3cc(-c4ccccn4)no3)ncnc2c(OC)c1OC. The summed E-state index contributed by atoms with van der Waals surface area (Å²) in [4.78, 5) is 15.1. The van der Waals surface area contributed by atoms with Crippen molar-refractivity contribution in [1.29, 1.82) is 0 Å². The summed E-state index contributed by atoms with van der Waals surface area (Å²) in [6, 6.07) is 9.35. The molecule has 0 bridgehead atoms. The van der Waals surface area contributed by atoms with Crippen LogP contribution in [0.4, 0.5) is 5.82 Å². The zero-order valence-corrected chi connectivity index (χ0v) is 17.1. The summed E-state index contributed by atoms with van der Waals surface area (Å²) < 4.78 is 22.0. The number of nitrogens with zero attached hydrogens (tertiary/aromatic N) is 5. The second-order valence-corrected chi connectivity index (χ2v) is 6.49. The van der Waals surface area contributed by atoms with Crippen molar-refractivity contribution in [3.05, 3.63) is 48.6 Å². The van der Waals surface area contributed by atoms with Crippen LogP contribution in [0.15, 0.2) is 47.4 Å². The highest BCUT2D eigenvalue weighted by Crippen LogP contribution is 2.44. The number of hydrogen-bond acceptors (Lipinski definition) is 9. The summed E-state index contributed by atoms with van der Waals surface area (Å²) in [6.07, 6.45) is 3.21. The Morgan fingerprint density at radius 2 is 1.77 bits per heavy atom. The van der Waals surface area contributed by atoms with Gasteiger partial charge in [0, 0.05) is 19.3 Å². The van der Waals surface area contributed by atoms with Crippen molar-refractivity contribution in [1.82, 2.24) is 20.1 Å². The van der Waals surface area contributed by atoms with Gasteiger partial charge in [-0.3, -0.25) is 4.98 Å². The van der Waals surface area contributed by atoms with E-state index in [-0.39, 0.29) is 0 Å². The lowest BCUT2D eigenvalue weighted by Crippen LogP contribution is -2.18. The summed E-state index contributed by atoms with van der Waals surface area (Å²) in [6.45, 7) is 0.447. The number of aromatic nitrogens is 4.